The van der Waals surface area contributed by atoms with Crippen molar-refractivity contribution in [3.8, 4) is 0 Å². The number of carbonyl (C=O) groups is 3. The number of carbonyl (C=O) groups excluding carboxylic acids is 2. The Morgan fingerprint density at radius 2 is 2.10 bits per heavy atom. The normalized spacial score (nSPS) is 12.0. The summed E-state index contributed by atoms with van der Waals surface area (Å²) in [6, 6.07) is 1.96. The maximum absolute atomic E-state index is 12.5. The molecule has 0 radical (unpaired) electrons. The Morgan fingerprint density at radius 1 is 1.33 bits per heavy atom. The van der Waals surface area contributed by atoms with E-state index < -0.39 is 23.8 Å². The van der Waals surface area contributed by atoms with E-state index in [0.29, 0.717) is 34.7 Å². The Kier molecular flexibility index (Phi) is 6.16. The van der Waals surface area contributed by atoms with Crippen molar-refractivity contribution in [2.45, 2.75) is 31.8 Å². The number of H-pyrrole nitrogens is 1. The highest BCUT2D eigenvalue weighted by Crippen LogP contribution is 2.16. The van der Waals surface area contributed by atoms with Crippen LogP contribution in [0.25, 0.3) is 11.0 Å². The highest BCUT2D eigenvalue weighted by atomic mass is 32.1. The summed E-state index contributed by atoms with van der Waals surface area (Å²) in [6.07, 6.45) is 1.67. The zero-order valence-corrected chi connectivity index (χ0v) is 16.6. The summed E-state index contributed by atoms with van der Waals surface area (Å²) in [4.78, 5) is 54.2. The van der Waals surface area contributed by atoms with E-state index in [-0.39, 0.29) is 18.4 Å². The SMILES string of the molecule is NC(=O)CC[C@H](NC(=O)c1cc(CCn2cnc3[nH]c(N)cc3c2=O)cs1)C(=O)O. The number of aryl methyl sites for hydroxylation is 2. The van der Waals surface area contributed by atoms with Gasteiger partial charge in [0, 0.05) is 13.0 Å². The van der Waals surface area contributed by atoms with Crippen molar-refractivity contribution in [2.24, 2.45) is 5.73 Å². The van der Waals surface area contributed by atoms with Crippen LogP contribution in [-0.4, -0.2) is 43.5 Å². The van der Waals surface area contributed by atoms with Gasteiger partial charge in [-0.3, -0.25) is 19.0 Å². The van der Waals surface area contributed by atoms with Crippen LogP contribution in [0.1, 0.15) is 28.1 Å². The minimum atomic E-state index is -1.24. The number of hydrogen-bond donors (Lipinski definition) is 5. The second-order valence-corrected chi connectivity index (χ2v) is 7.58. The van der Waals surface area contributed by atoms with E-state index >= 15 is 0 Å². The molecule has 0 aromatic carbocycles. The molecule has 11 nitrogen and oxygen atoms in total. The topological polar surface area (TPSA) is 186 Å². The number of amides is 2. The quantitative estimate of drug-likeness (QED) is 0.316. The van der Waals surface area contributed by atoms with Gasteiger partial charge in [0.05, 0.1) is 16.6 Å². The second kappa shape index (κ2) is 8.78. The molecule has 0 spiro atoms. The van der Waals surface area contributed by atoms with Gasteiger partial charge >= 0.3 is 5.97 Å². The number of carboxylic acids is 1. The van der Waals surface area contributed by atoms with Crippen LogP contribution >= 0.6 is 11.3 Å². The molecule has 0 saturated heterocycles. The fraction of sp³-hybridized carbons (Fsp3) is 0.278. The molecule has 7 N–H and O–H groups in total. The molecule has 0 bridgehead atoms. The molecule has 3 aromatic heterocycles. The lowest BCUT2D eigenvalue weighted by Gasteiger charge is -2.12. The molecule has 3 aromatic rings. The number of aromatic amines is 1. The fourth-order valence-electron chi connectivity index (χ4n) is 2.87. The Hall–Kier alpha value is -3.67. The summed E-state index contributed by atoms with van der Waals surface area (Å²) in [5.74, 6) is -2.07. The van der Waals surface area contributed by atoms with Gasteiger partial charge in [-0.15, -0.1) is 11.3 Å². The number of aliphatic carboxylic acids is 1. The highest BCUT2D eigenvalue weighted by molar-refractivity contribution is 7.12. The van der Waals surface area contributed by atoms with Crippen LogP contribution in [0.4, 0.5) is 5.82 Å². The third kappa shape index (κ3) is 4.84. The summed E-state index contributed by atoms with van der Waals surface area (Å²) < 4.78 is 1.46. The predicted molar refractivity (Wildman–Crippen MR) is 110 cm³/mol. The predicted octanol–water partition coefficient (Wildman–Crippen LogP) is 0.0595. The Balaban J connectivity index is 1.64. The van der Waals surface area contributed by atoms with E-state index in [2.05, 4.69) is 15.3 Å². The molecule has 2 amide bonds. The Morgan fingerprint density at radius 3 is 2.80 bits per heavy atom. The average molecular weight is 432 g/mol. The first-order chi connectivity index (χ1) is 14.2. The van der Waals surface area contributed by atoms with E-state index in [0.717, 1.165) is 16.9 Å². The third-order valence-electron chi connectivity index (χ3n) is 4.44. The zero-order chi connectivity index (χ0) is 21.8. The smallest absolute Gasteiger partial charge is 0.326 e. The zero-order valence-electron chi connectivity index (χ0n) is 15.8. The highest BCUT2D eigenvalue weighted by Gasteiger charge is 2.22. The lowest BCUT2D eigenvalue weighted by molar-refractivity contribution is -0.139. The summed E-state index contributed by atoms with van der Waals surface area (Å²) in [7, 11) is 0. The van der Waals surface area contributed by atoms with Gasteiger partial charge in [-0.1, -0.05) is 0 Å². The standard InChI is InChI=1S/C18H20N6O5S/c19-13-6-10-15(23-13)21-8-24(17(10)27)4-3-9-5-12(30-7-9)16(26)22-11(18(28)29)1-2-14(20)25/h5-8,11,23H,1-4,19H2,(H2,20,25)(H,22,26)(H,28,29)/t11-/m0/s1. The number of primary amides is 1. The van der Waals surface area contributed by atoms with E-state index in [4.69, 9.17) is 11.5 Å². The number of hydrogen-bond acceptors (Lipinski definition) is 7. The summed E-state index contributed by atoms with van der Waals surface area (Å²) in [5.41, 5.74) is 11.7. The minimum absolute atomic E-state index is 0.0866. The van der Waals surface area contributed by atoms with Crippen molar-refractivity contribution in [3.05, 3.63) is 44.6 Å². The molecule has 0 aliphatic rings. The Bertz CT molecular complexity index is 1160. The molecule has 0 unspecified atom stereocenters. The van der Waals surface area contributed by atoms with Crippen LogP contribution in [-0.2, 0) is 22.6 Å². The number of thiophene rings is 1. The molecule has 0 aliphatic heterocycles. The maximum atomic E-state index is 12.5. The molecular weight excluding hydrogens is 412 g/mol. The average Bonchev–Trinajstić information content (AvgIpc) is 3.30. The number of anilines is 1. The molecule has 3 rings (SSSR count). The summed E-state index contributed by atoms with van der Waals surface area (Å²) in [5, 5.41) is 13.7. The number of aromatic nitrogens is 3. The van der Waals surface area contributed by atoms with Gasteiger partial charge < -0.3 is 26.9 Å². The van der Waals surface area contributed by atoms with Gasteiger partial charge in [0.15, 0.2) is 0 Å². The largest absolute Gasteiger partial charge is 0.480 e. The molecule has 0 saturated carbocycles. The van der Waals surface area contributed by atoms with Gasteiger partial charge in [-0.2, -0.15) is 0 Å². The number of rotatable bonds is 9. The van der Waals surface area contributed by atoms with Crippen LogP contribution in [0.2, 0.25) is 0 Å². The molecule has 0 fully saturated rings. The number of nitrogens with two attached hydrogens (primary N) is 2. The summed E-state index contributed by atoms with van der Waals surface area (Å²) in [6.45, 7) is 0.348. The first-order valence-electron chi connectivity index (χ1n) is 8.97. The molecule has 158 valence electrons. The molecule has 0 aliphatic carbocycles. The monoisotopic (exact) mass is 432 g/mol. The van der Waals surface area contributed by atoms with Crippen molar-refractivity contribution in [1.82, 2.24) is 19.9 Å². The first-order valence-corrected chi connectivity index (χ1v) is 9.85. The third-order valence-corrected chi connectivity index (χ3v) is 5.41. The maximum Gasteiger partial charge on any atom is 0.326 e. The van der Waals surface area contributed by atoms with E-state index in [1.807, 2.05) is 0 Å². The second-order valence-electron chi connectivity index (χ2n) is 6.67. The fourth-order valence-corrected chi connectivity index (χ4v) is 3.72. The molecule has 1 atom stereocenters. The van der Waals surface area contributed by atoms with Crippen molar-refractivity contribution >= 4 is 46.0 Å². The number of fused-ring (bicyclic) bond motifs is 1. The van der Waals surface area contributed by atoms with E-state index in [1.165, 1.54) is 17.0 Å². The van der Waals surface area contributed by atoms with Gasteiger partial charge in [0.2, 0.25) is 5.91 Å². The van der Waals surface area contributed by atoms with Gasteiger partial charge in [-0.05, 0) is 35.9 Å². The number of nitrogens with one attached hydrogen (secondary N) is 2. The number of nitrogen functional groups attached to an aromatic ring is 1. The van der Waals surface area contributed by atoms with Gasteiger partial charge in [0.25, 0.3) is 11.5 Å². The van der Waals surface area contributed by atoms with Crippen LogP contribution in [0.15, 0.2) is 28.6 Å². The van der Waals surface area contributed by atoms with E-state index in [9.17, 15) is 24.3 Å². The van der Waals surface area contributed by atoms with Crippen molar-refractivity contribution in [2.75, 3.05) is 5.73 Å². The van der Waals surface area contributed by atoms with Gasteiger partial charge in [-0.25, -0.2) is 9.78 Å². The van der Waals surface area contributed by atoms with Crippen molar-refractivity contribution in [3.63, 3.8) is 0 Å². The molecular formula is C18H20N6O5S. The van der Waals surface area contributed by atoms with Crippen molar-refractivity contribution in [1.29, 1.82) is 0 Å². The molecule has 30 heavy (non-hydrogen) atoms. The van der Waals surface area contributed by atoms with Crippen LogP contribution in [0, 0.1) is 0 Å². The summed E-state index contributed by atoms with van der Waals surface area (Å²) >= 11 is 1.16. The number of nitrogens with zero attached hydrogens (tertiary/aromatic N) is 2. The molecule has 12 heteroatoms. The lowest BCUT2D eigenvalue weighted by Crippen LogP contribution is -2.41. The number of carboxylic acid groups (broad SMARTS) is 1. The van der Waals surface area contributed by atoms with Gasteiger partial charge in [0.1, 0.15) is 17.5 Å². The van der Waals surface area contributed by atoms with E-state index in [1.54, 1.807) is 11.4 Å². The lowest BCUT2D eigenvalue weighted by atomic mass is 10.1. The molecule has 3 heterocycles. The van der Waals surface area contributed by atoms with Crippen molar-refractivity contribution < 1.29 is 19.5 Å². The van der Waals surface area contributed by atoms with Crippen LogP contribution < -0.4 is 22.3 Å². The Labute approximate surface area is 173 Å². The van der Waals surface area contributed by atoms with Crippen LogP contribution in [0.5, 0.6) is 0 Å². The minimum Gasteiger partial charge on any atom is -0.480 e. The van der Waals surface area contributed by atoms with Crippen LogP contribution in [0.3, 0.4) is 0 Å². The first kappa shape index (κ1) is 21.0.